The number of aryl methyl sites for hydroxylation is 1. The largest absolute Gasteiger partial charge is 0.481 e. The van der Waals surface area contributed by atoms with Gasteiger partial charge in [0, 0.05) is 4.88 Å². The van der Waals surface area contributed by atoms with Crippen LogP contribution in [0.15, 0.2) is 28.8 Å². The van der Waals surface area contributed by atoms with E-state index in [0.717, 1.165) is 16.0 Å². The second-order valence-corrected chi connectivity index (χ2v) is 7.03. The van der Waals surface area contributed by atoms with Crippen molar-refractivity contribution in [3.05, 3.63) is 46.3 Å². The molecule has 0 unspecified atom stereocenters. The molecular formula is C18H16FN3O4S. The van der Waals surface area contributed by atoms with Crippen LogP contribution in [0.25, 0.3) is 11.5 Å². The molecule has 3 aromatic rings. The van der Waals surface area contributed by atoms with E-state index in [-0.39, 0.29) is 12.4 Å². The number of ether oxygens (including phenoxy) is 2. The van der Waals surface area contributed by atoms with Crippen molar-refractivity contribution in [3.63, 3.8) is 0 Å². The molecule has 1 aliphatic heterocycles. The first kappa shape index (κ1) is 17.6. The van der Waals surface area contributed by atoms with Crippen LogP contribution in [0.3, 0.4) is 0 Å². The highest BCUT2D eigenvalue weighted by atomic mass is 32.1. The van der Waals surface area contributed by atoms with Gasteiger partial charge in [-0.1, -0.05) is 17.3 Å². The molecule has 4 rings (SSSR count). The molecule has 3 heterocycles. The van der Waals surface area contributed by atoms with Gasteiger partial charge in [0.1, 0.15) is 5.00 Å². The van der Waals surface area contributed by atoms with Gasteiger partial charge >= 0.3 is 0 Å². The normalized spacial score (nSPS) is 13.3. The lowest BCUT2D eigenvalue weighted by Crippen LogP contribution is -2.20. The number of nitrogens with one attached hydrogen (secondary N) is 1. The summed E-state index contributed by atoms with van der Waals surface area (Å²) in [5.74, 6) is -0.0278. The maximum atomic E-state index is 13.6. The summed E-state index contributed by atoms with van der Waals surface area (Å²) in [6.45, 7) is 2.48. The summed E-state index contributed by atoms with van der Waals surface area (Å²) in [5.41, 5.74) is 1.76. The average Bonchev–Trinajstić information content (AvgIpc) is 3.23. The number of hydrogen-bond donors (Lipinski definition) is 1. The standard InChI is InChI=1S/C18H16FN3O4S/c1-10-20-17(26-22-10)16-11-6-7-24-8-14(11)27-18(16)21-15(23)9-25-13-5-3-2-4-12(13)19/h2-5H,6-9H2,1H3,(H,21,23). The Hall–Kier alpha value is -2.78. The van der Waals surface area contributed by atoms with E-state index in [4.69, 9.17) is 14.0 Å². The van der Waals surface area contributed by atoms with E-state index in [1.54, 1.807) is 19.1 Å². The molecule has 0 saturated carbocycles. The number of hydrogen-bond acceptors (Lipinski definition) is 7. The molecular weight excluding hydrogens is 373 g/mol. The quantitative estimate of drug-likeness (QED) is 0.720. The molecule has 140 valence electrons. The van der Waals surface area contributed by atoms with Crippen molar-refractivity contribution in [2.24, 2.45) is 0 Å². The third-order valence-electron chi connectivity index (χ3n) is 4.01. The van der Waals surface area contributed by atoms with Gasteiger partial charge in [-0.15, -0.1) is 11.3 Å². The molecule has 0 spiro atoms. The van der Waals surface area contributed by atoms with Crippen LogP contribution in [0.2, 0.25) is 0 Å². The number of para-hydroxylation sites is 1. The van der Waals surface area contributed by atoms with Gasteiger partial charge in [0.05, 0.1) is 18.8 Å². The molecule has 0 saturated heterocycles. The lowest BCUT2D eigenvalue weighted by Gasteiger charge is -2.12. The van der Waals surface area contributed by atoms with E-state index in [0.29, 0.717) is 36.4 Å². The maximum Gasteiger partial charge on any atom is 0.262 e. The van der Waals surface area contributed by atoms with Crippen molar-refractivity contribution < 1.29 is 23.2 Å². The molecule has 1 aromatic carbocycles. The van der Waals surface area contributed by atoms with Gasteiger partial charge in [-0.3, -0.25) is 4.79 Å². The zero-order valence-electron chi connectivity index (χ0n) is 14.5. The van der Waals surface area contributed by atoms with E-state index >= 15 is 0 Å². The maximum absolute atomic E-state index is 13.6. The minimum absolute atomic E-state index is 0.0271. The Morgan fingerprint density at radius 2 is 2.26 bits per heavy atom. The lowest BCUT2D eigenvalue weighted by molar-refractivity contribution is -0.118. The summed E-state index contributed by atoms with van der Waals surface area (Å²) in [4.78, 5) is 17.7. The second-order valence-electron chi connectivity index (χ2n) is 5.92. The number of halogens is 1. The average molecular weight is 389 g/mol. The van der Waals surface area contributed by atoms with Crippen molar-refractivity contribution in [2.45, 2.75) is 20.0 Å². The number of rotatable bonds is 5. The van der Waals surface area contributed by atoms with Crippen molar-refractivity contribution in [2.75, 3.05) is 18.5 Å². The molecule has 0 aliphatic carbocycles. The smallest absolute Gasteiger partial charge is 0.262 e. The summed E-state index contributed by atoms with van der Waals surface area (Å²) < 4.78 is 29.7. The van der Waals surface area contributed by atoms with Crippen molar-refractivity contribution >= 4 is 22.2 Å². The number of benzene rings is 1. The highest BCUT2D eigenvalue weighted by Crippen LogP contribution is 2.42. The zero-order chi connectivity index (χ0) is 18.8. The summed E-state index contributed by atoms with van der Waals surface area (Å²) in [7, 11) is 0. The fourth-order valence-electron chi connectivity index (χ4n) is 2.81. The number of anilines is 1. The molecule has 0 atom stereocenters. The van der Waals surface area contributed by atoms with Gasteiger partial charge < -0.3 is 19.3 Å². The van der Waals surface area contributed by atoms with Crippen LogP contribution in [0.5, 0.6) is 5.75 Å². The predicted molar refractivity (Wildman–Crippen MR) is 96.2 cm³/mol. The summed E-state index contributed by atoms with van der Waals surface area (Å²) in [5, 5.41) is 7.24. The van der Waals surface area contributed by atoms with Crippen molar-refractivity contribution in [1.29, 1.82) is 0 Å². The van der Waals surface area contributed by atoms with Crippen LogP contribution < -0.4 is 10.1 Å². The van der Waals surface area contributed by atoms with E-state index in [2.05, 4.69) is 15.5 Å². The first-order valence-electron chi connectivity index (χ1n) is 8.32. The number of amides is 1. The summed E-state index contributed by atoms with van der Waals surface area (Å²) in [6.07, 6.45) is 0.699. The van der Waals surface area contributed by atoms with Gasteiger partial charge in [0.2, 0.25) is 0 Å². The molecule has 9 heteroatoms. The molecule has 2 aromatic heterocycles. The first-order chi connectivity index (χ1) is 13.1. The number of fused-ring (bicyclic) bond motifs is 1. The number of carbonyl (C=O) groups is 1. The monoisotopic (exact) mass is 389 g/mol. The van der Waals surface area contributed by atoms with Gasteiger partial charge in [-0.25, -0.2) is 4.39 Å². The number of aromatic nitrogens is 2. The Bertz CT molecular complexity index is 985. The van der Waals surface area contributed by atoms with Crippen LogP contribution in [-0.2, 0) is 22.6 Å². The van der Waals surface area contributed by atoms with Gasteiger partial charge in [-0.2, -0.15) is 4.98 Å². The molecule has 1 aliphatic rings. The Kier molecular flexibility index (Phi) is 4.87. The molecule has 0 bridgehead atoms. The fraction of sp³-hybridized carbons (Fsp3) is 0.278. The Labute approximate surface area is 158 Å². The Morgan fingerprint density at radius 1 is 1.41 bits per heavy atom. The van der Waals surface area contributed by atoms with E-state index in [1.165, 1.54) is 23.5 Å². The molecule has 0 fully saturated rings. The van der Waals surface area contributed by atoms with Gasteiger partial charge in [0.15, 0.2) is 24.0 Å². The van der Waals surface area contributed by atoms with Crippen LogP contribution in [0.4, 0.5) is 9.39 Å². The second kappa shape index (κ2) is 7.45. The van der Waals surface area contributed by atoms with E-state index in [9.17, 15) is 9.18 Å². The molecule has 0 radical (unpaired) electrons. The topological polar surface area (TPSA) is 86.5 Å². The minimum atomic E-state index is -0.518. The zero-order valence-corrected chi connectivity index (χ0v) is 15.3. The number of nitrogens with zero attached hydrogens (tertiary/aromatic N) is 2. The predicted octanol–water partition coefficient (Wildman–Crippen LogP) is 3.34. The minimum Gasteiger partial charge on any atom is -0.481 e. The van der Waals surface area contributed by atoms with Gasteiger partial charge in [-0.05, 0) is 31.0 Å². The SMILES string of the molecule is Cc1noc(-c2c(NC(=O)COc3ccccc3F)sc3c2CCOC3)n1. The van der Waals surface area contributed by atoms with E-state index in [1.807, 2.05) is 0 Å². The first-order valence-corrected chi connectivity index (χ1v) is 9.13. The summed E-state index contributed by atoms with van der Waals surface area (Å²) in [6, 6.07) is 5.94. The molecule has 1 amide bonds. The van der Waals surface area contributed by atoms with E-state index < -0.39 is 11.7 Å². The highest BCUT2D eigenvalue weighted by Gasteiger charge is 2.26. The van der Waals surface area contributed by atoms with Crippen LogP contribution >= 0.6 is 11.3 Å². The lowest BCUT2D eigenvalue weighted by atomic mass is 10.1. The van der Waals surface area contributed by atoms with Crippen LogP contribution in [0.1, 0.15) is 16.3 Å². The van der Waals surface area contributed by atoms with Crippen LogP contribution in [-0.4, -0.2) is 29.3 Å². The highest BCUT2D eigenvalue weighted by molar-refractivity contribution is 7.17. The molecule has 7 nitrogen and oxygen atoms in total. The van der Waals surface area contributed by atoms with Crippen molar-refractivity contribution in [1.82, 2.24) is 10.1 Å². The van der Waals surface area contributed by atoms with Crippen molar-refractivity contribution in [3.8, 4) is 17.2 Å². The van der Waals surface area contributed by atoms with Gasteiger partial charge in [0.25, 0.3) is 11.8 Å². The third-order valence-corrected chi connectivity index (χ3v) is 5.13. The number of thiophene rings is 1. The molecule has 1 N–H and O–H groups in total. The summed E-state index contributed by atoms with van der Waals surface area (Å²) >= 11 is 1.40. The third kappa shape index (κ3) is 3.69. The number of carbonyl (C=O) groups excluding carboxylic acids is 1. The van der Waals surface area contributed by atoms with Crippen LogP contribution in [0, 0.1) is 12.7 Å². The molecule has 27 heavy (non-hydrogen) atoms. The Morgan fingerprint density at radius 3 is 3.04 bits per heavy atom. The fourth-order valence-corrected chi connectivity index (χ4v) is 4.01. The Balaban J connectivity index is 1.55.